The van der Waals surface area contributed by atoms with E-state index in [0.29, 0.717) is 43.3 Å². The highest BCUT2D eigenvalue weighted by molar-refractivity contribution is 5.76. The minimum Gasteiger partial charge on any atom is -0.493 e. The maximum Gasteiger partial charge on any atom is 0.252 e. The summed E-state index contributed by atoms with van der Waals surface area (Å²) in [6, 6.07) is 5.70. The topological polar surface area (TPSA) is 90.6 Å². The molecule has 154 valence electrons. The Kier molecular flexibility index (Phi) is 6.64. The summed E-state index contributed by atoms with van der Waals surface area (Å²) < 4.78 is 12.8. The van der Waals surface area contributed by atoms with Crippen molar-refractivity contribution in [2.24, 2.45) is 0 Å². The minimum atomic E-state index is -0.0206. The second kappa shape index (κ2) is 9.36. The molecule has 0 aliphatic rings. The Morgan fingerprint density at radius 3 is 2.83 bits per heavy atom. The molecule has 8 nitrogen and oxygen atoms in total. The molecule has 0 saturated heterocycles. The summed E-state index contributed by atoms with van der Waals surface area (Å²) in [4.78, 5) is 20.9. The number of aromatic nitrogens is 4. The number of carbonyl (C=O) groups excluding carboxylic acids is 1. The van der Waals surface area contributed by atoms with Gasteiger partial charge in [0.05, 0.1) is 13.7 Å². The average molecular weight is 397 g/mol. The van der Waals surface area contributed by atoms with E-state index in [1.54, 1.807) is 11.6 Å². The Balaban J connectivity index is 1.58. The van der Waals surface area contributed by atoms with Gasteiger partial charge in [0.2, 0.25) is 5.91 Å². The first-order valence-electron chi connectivity index (χ1n) is 9.75. The van der Waals surface area contributed by atoms with E-state index in [9.17, 15) is 4.79 Å². The van der Waals surface area contributed by atoms with Gasteiger partial charge >= 0.3 is 0 Å². The van der Waals surface area contributed by atoms with Crippen LogP contribution in [0.2, 0.25) is 0 Å². The fourth-order valence-electron chi connectivity index (χ4n) is 3.20. The number of hydrogen-bond acceptors (Lipinski definition) is 6. The quantitative estimate of drug-likeness (QED) is 0.597. The number of rotatable bonds is 9. The Hall–Kier alpha value is -3.16. The maximum absolute atomic E-state index is 12.4. The van der Waals surface area contributed by atoms with Crippen molar-refractivity contribution in [3.63, 3.8) is 0 Å². The van der Waals surface area contributed by atoms with Crippen LogP contribution in [0.1, 0.15) is 42.3 Å². The van der Waals surface area contributed by atoms with Crippen molar-refractivity contribution in [2.75, 3.05) is 13.7 Å². The van der Waals surface area contributed by atoms with E-state index in [4.69, 9.17) is 9.47 Å². The fraction of sp³-hybridized carbons (Fsp3) is 0.429. The summed E-state index contributed by atoms with van der Waals surface area (Å²) in [6.45, 7) is 7.03. The first kappa shape index (κ1) is 20.6. The third kappa shape index (κ3) is 4.82. The highest BCUT2D eigenvalue weighted by atomic mass is 16.5. The third-order valence-corrected chi connectivity index (χ3v) is 4.77. The number of ether oxygens (including phenoxy) is 2. The van der Waals surface area contributed by atoms with Gasteiger partial charge in [-0.1, -0.05) is 13.0 Å². The van der Waals surface area contributed by atoms with Crippen molar-refractivity contribution < 1.29 is 14.3 Å². The van der Waals surface area contributed by atoms with Crippen molar-refractivity contribution in [3.8, 4) is 11.5 Å². The molecule has 0 aliphatic carbocycles. The van der Waals surface area contributed by atoms with Gasteiger partial charge in [-0.15, -0.1) is 0 Å². The van der Waals surface area contributed by atoms with Crippen LogP contribution >= 0.6 is 0 Å². The molecule has 1 N–H and O–H groups in total. The van der Waals surface area contributed by atoms with Crippen LogP contribution in [0.25, 0.3) is 5.78 Å². The number of carbonyl (C=O) groups is 1. The molecule has 0 unspecified atom stereocenters. The molecule has 2 heterocycles. The van der Waals surface area contributed by atoms with Gasteiger partial charge in [-0.2, -0.15) is 10.1 Å². The summed E-state index contributed by atoms with van der Waals surface area (Å²) >= 11 is 0. The van der Waals surface area contributed by atoms with E-state index in [2.05, 4.69) is 27.3 Å². The summed E-state index contributed by atoms with van der Waals surface area (Å²) in [7, 11) is 1.61. The Bertz CT molecular complexity index is 999. The second-order valence-corrected chi connectivity index (χ2v) is 6.84. The van der Waals surface area contributed by atoms with Gasteiger partial charge in [-0.25, -0.2) is 9.50 Å². The number of fused-ring (bicyclic) bond motifs is 1. The van der Waals surface area contributed by atoms with E-state index < -0.39 is 0 Å². The van der Waals surface area contributed by atoms with Crippen LogP contribution < -0.4 is 14.8 Å². The molecule has 1 aromatic carbocycles. The van der Waals surface area contributed by atoms with Gasteiger partial charge in [-0.05, 0) is 49.9 Å². The molecule has 1 amide bonds. The molecule has 3 aromatic rings. The first-order valence-corrected chi connectivity index (χ1v) is 9.75. The van der Waals surface area contributed by atoms with Crippen LogP contribution in [-0.2, 0) is 17.8 Å². The van der Waals surface area contributed by atoms with Crippen LogP contribution in [0.4, 0.5) is 0 Å². The average Bonchev–Trinajstić information content (AvgIpc) is 3.19. The zero-order valence-corrected chi connectivity index (χ0v) is 17.4. The normalized spacial score (nSPS) is 10.9. The van der Waals surface area contributed by atoms with Crippen molar-refractivity contribution in [1.82, 2.24) is 24.9 Å². The lowest BCUT2D eigenvalue weighted by atomic mass is 10.1. The predicted molar refractivity (Wildman–Crippen MR) is 109 cm³/mol. The van der Waals surface area contributed by atoms with E-state index in [1.165, 1.54) is 6.33 Å². The SMILES string of the molecule is CCCOc1ccc(CNC(=O)CCc2c(C)nc3ncnn3c2C)cc1OC. The minimum absolute atomic E-state index is 0.0206. The van der Waals surface area contributed by atoms with Gasteiger partial charge < -0.3 is 14.8 Å². The van der Waals surface area contributed by atoms with Gasteiger partial charge in [0, 0.05) is 24.4 Å². The number of aryl methyl sites for hydroxylation is 2. The van der Waals surface area contributed by atoms with Gasteiger partial charge in [-0.3, -0.25) is 4.79 Å². The molecular formula is C21H27N5O3. The van der Waals surface area contributed by atoms with Gasteiger partial charge in [0.1, 0.15) is 6.33 Å². The second-order valence-electron chi connectivity index (χ2n) is 6.84. The van der Waals surface area contributed by atoms with Crippen LogP contribution in [0.15, 0.2) is 24.5 Å². The molecule has 0 spiro atoms. The summed E-state index contributed by atoms with van der Waals surface area (Å²) in [5.74, 6) is 1.94. The van der Waals surface area contributed by atoms with Crippen LogP contribution in [0.5, 0.6) is 11.5 Å². The Labute approximate surface area is 170 Å². The predicted octanol–water partition coefficient (Wildman–Crippen LogP) is 2.79. The highest BCUT2D eigenvalue weighted by Crippen LogP contribution is 2.28. The monoisotopic (exact) mass is 397 g/mol. The molecule has 8 heteroatoms. The summed E-state index contributed by atoms with van der Waals surface area (Å²) in [6.07, 6.45) is 3.38. The number of amides is 1. The molecule has 2 aromatic heterocycles. The third-order valence-electron chi connectivity index (χ3n) is 4.77. The van der Waals surface area contributed by atoms with Crippen molar-refractivity contribution >= 4 is 11.7 Å². The fourth-order valence-corrected chi connectivity index (χ4v) is 3.20. The molecule has 3 rings (SSSR count). The summed E-state index contributed by atoms with van der Waals surface area (Å²) in [5, 5.41) is 7.15. The van der Waals surface area contributed by atoms with E-state index in [-0.39, 0.29) is 5.91 Å². The molecule has 0 saturated carbocycles. The van der Waals surface area contributed by atoms with Crippen LogP contribution in [0, 0.1) is 13.8 Å². The van der Waals surface area contributed by atoms with Crippen molar-refractivity contribution in [3.05, 3.63) is 47.0 Å². The summed E-state index contributed by atoms with van der Waals surface area (Å²) in [5.41, 5.74) is 3.82. The molecule has 0 bridgehead atoms. The zero-order chi connectivity index (χ0) is 20.8. The van der Waals surface area contributed by atoms with Crippen molar-refractivity contribution in [2.45, 2.75) is 46.6 Å². The Morgan fingerprint density at radius 1 is 1.24 bits per heavy atom. The van der Waals surface area contributed by atoms with Crippen molar-refractivity contribution in [1.29, 1.82) is 0 Å². The lowest BCUT2D eigenvalue weighted by molar-refractivity contribution is -0.121. The number of methoxy groups -OCH3 is 1. The molecule has 0 atom stereocenters. The zero-order valence-electron chi connectivity index (χ0n) is 17.4. The first-order chi connectivity index (χ1) is 14.0. The van der Waals surface area contributed by atoms with Crippen LogP contribution in [-0.4, -0.2) is 39.2 Å². The molecular weight excluding hydrogens is 370 g/mol. The number of benzene rings is 1. The van der Waals surface area contributed by atoms with Gasteiger partial charge in [0.15, 0.2) is 11.5 Å². The molecule has 0 aliphatic heterocycles. The lowest BCUT2D eigenvalue weighted by Crippen LogP contribution is -2.23. The van der Waals surface area contributed by atoms with E-state index in [0.717, 1.165) is 28.9 Å². The number of hydrogen-bond donors (Lipinski definition) is 1. The van der Waals surface area contributed by atoms with E-state index >= 15 is 0 Å². The van der Waals surface area contributed by atoms with Gasteiger partial charge in [0.25, 0.3) is 5.78 Å². The maximum atomic E-state index is 12.4. The lowest BCUT2D eigenvalue weighted by Gasteiger charge is -2.13. The molecule has 29 heavy (non-hydrogen) atoms. The number of nitrogens with one attached hydrogen (secondary N) is 1. The highest BCUT2D eigenvalue weighted by Gasteiger charge is 2.13. The molecule has 0 fully saturated rings. The standard InChI is InChI=1S/C21H27N5O3/c1-5-10-29-18-8-6-16(11-19(18)28-4)12-22-20(27)9-7-17-14(2)25-21-23-13-24-26(21)15(17)3/h6,8,11,13H,5,7,9-10,12H2,1-4H3,(H,22,27). The van der Waals surface area contributed by atoms with E-state index in [1.807, 2.05) is 32.0 Å². The molecule has 0 radical (unpaired) electrons. The Morgan fingerprint density at radius 2 is 2.07 bits per heavy atom. The van der Waals surface area contributed by atoms with Crippen LogP contribution in [0.3, 0.4) is 0 Å². The number of nitrogens with zero attached hydrogens (tertiary/aromatic N) is 4. The largest absolute Gasteiger partial charge is 0.493 e. The smallest absolute Gasteiger partial charge is 0.252 e.